The summed E-state index contributed by atoms with van der Waals surface area (Å²) in [6, 6.07) is 12.3. The van der Waals surface area contributed by atoms with Crippen LogP contribution in [0.1, 0.15) is 30.6 Å². The van der Waals surface area contributed by atoms with Crippen molar-refractivity contribution in [1.29, 1.82) is 0 Å². The lowest BCUT2D eigenvalue weighted by Gasteiger charge is -2.39. The molecule has 0 bridgehead atoms. The number of piperazine rings is 1. The van der Waals surface area contributed by atoms with Crippen molar-refractivity contribution in [2.45, 2.75) is 32.2 Å². The number of hydrogen-bond donors (Lipinski definition) is 0. The van der Waals surface area contributed by atoms with E-state index in [1.54, 1.807) is 11.3 Å². The topological polar surface area (TPSA) is 43.9 Å². The lowest BCUT2D eigenvalue weighted by Crippen LogP contribution is -2.52. The first-order valence-corrected chi connectivity index (χ1v) is 12.9. The molecule has 1 unspecified atom stereocenters. The van der Waals surface area contributed by atoms with E-state index in [2.05, 4.69) is 23.1 Å². The minimum atomic E-state index is -0.0199. The molecule has 0 spiro atoms. The molecule has 0 radical (unpaired) electrons. The third kappa shape index (κ3) is 4.87. The van der Waals surface area contributed by atoms with Gasteiger partial charge in [-0.05, 0) is 43.9 Å². The van der Waals surface area contributed by atoms with E-state index < -0.39 is 0 Å². The molecular formula is C25H30ClN3O2S. The summed E-state index contributed by atoms with van der Waals surface area (Å²) >= 11 is 8.14. The van der Waals surface area contributed by atoms with Gasteiger partial charge in [0.1, 0.15) is 0 Å². The molecule has 1 atom stereocenters. The van der Waals surface area contributed by atoms with Gasteiger partial charge in [-0.25, -0.2) is 0 Å². The van der Waals surface area contributed by atoms with E-state index in [1.165, 1.54) is 9.75 Å². The average molecular weight is 472 g/mol. The maximum absolute atomic E-state index is 13.1. The quantitative estimate of drug-likeness (QED) is 0.650. The largest absolute Gasteiger partial charge is 0.342 e. The predicted octanol–water partition coefficient (Wildman–Crippen LogP) is 4.36. The average Bonchev–Trinajstić information content (AvgIpc) is 3.58. The summed E-state index contributed by atoms with van der Waals surface area (Å²) in [5.41, 5.74) is 1.09. The van der Waals surface area contributed by atoms with Crippen molar-refractivity contribution in [3.8, 4) is 10.4 Å². The van der Waals surface area contributed by atoms with E-state index in [0.717, 1.165) is 75.5 Å². The lowest BCUT2D eigenvalue weighted by molar-refractivity contribution is -0.142. The second-order valence-electron chi connectivity index (χ2n) is 9.24. The van der Waals surface area contributed by atoms with Gasteiger partial charge in [-0.1, -0.05) is 29.8 Å². The lowest BCUT2D eigenvalue weighted by atomic mass is 9.95. The number of rotatable bonds is 5. The SMILES string of the molecule is O=C(C1CCCN(C(=O)C2CC2)C1)N1CCN(Cc2ccc(-c3ccccc3Cl)s2)CC1. The third-order valence-corrected chi connectivity index (χ3v) is 8.31. The second-order valence-corrected chi connectivity index (χ2v) is 10.8. The Labute approximate surface area is 198 Å². The van der Waals surface area contributed by atoms with Crippen molar-refractivity contribution < 1.29 is 9.59 Å². The van der Waals surface area contributed by atoms with Crippen LogP contribution in [-0.4, -0.2) is 65.8 Å². The molecule has 0 N–H and O–H groups in total. The molecule has 1 saturated carbocycles. The smallest absolute Gasteiger partial charge is 0.227 e. The van der Waals surface area contributed by atoms with Crippen molar-refractivity contribution in [3.63, 3.8) is 0 Å². The van der Waals surface area contributed by atoms with Crippen LogP contribution in [-0.2, 0) is 16.1 Å². The van der Waals surface area contributed by atoms with Gasteiger partial charge in [0.05, 0.1) is 5.92 Å². The van der Waals surface area contributed by atoms with Crippen LogP contribution in [0.4, 0.5) is 0 Å². The number of piperidine rings is 1. The summed E-state index contributed by atoms with van der Waals surface area (Å²) < 4.78 is 0. The molecule has 1 aromatic carbocycles. The number of carbonyl (C=O) groups is 2. The minimum Gasteiger partial charge on any atom is -0.342 e. The van der Waals surface area contributed by atoms with Crippen LogP contribution in [0, 0.1) is 11.8 Å². The van der Waals surface area contributed by atoms with Crippen molar-refractivity contribution in [2.24, 2.45) is 11.8 Å². The van der Waals surface area contributed by atoms with Crippen LogP contribution >= 0.6 is 22.9 Å². The molecule has 7 heteroatoms. The molecule has 3 heterocycles. The van der Waals surface area contributed by atoms with E-state index in [-0.39, 0.29) is 23.7 Å². The Morgan fingerprint density at radius 2 is 1.62 bits per heavy atom. The van der Waals surface area contributed by atoms with E-state index in [9.17, 15) is 9.59 Å². The van der Waals surface area contributed by atoms with E-state index >= 15 is 0 Å². The van der Waals surface area contributed by atoms with Gasteiger partial charge in [0.2, 0.25) is 11.8 Å². The Balaban J connectivity index is 1.12. The molecule has 2 amide bonds. The summed E-state index contributed by atoms with van der Waals surface area (Å²) in [5.74, 6) is 0.742. The number of hydrogen-bond acceptors (Lipinski definition) is 4. The molecule has 5 nitrogen and oxygen atoms in total. The molecule has 5 rings (SSSR count). The molecule has 2 aliphatic heterocycles. The number of thiophene rings is 1. The summed E-state index contributed by atoms with van der Waals surface area (Å²) in [5, 5.41) is 0.785. The zero-order chi connectivity index (χ0) is 22.1. The van der Waals surface area contributed by atoms with E-state index in [1.807, 2.05) is 28.0 Å². The van der Waals surface area contributed by atoms with Gasteiger partial charge >= 0.3 is 0 Å². The van der Waals surface area contributed by atoms with Crippen molar-refractivity contribution in [1.82, 2.24) is 14.7 Å². The predicted molar refractivity (Wildman–Crippen MR) is 129 cm³/mol. The monoisotopic (exact) mass is 471 g/mol. The van der Waals surface area contributed by atoms with Gasteiger partial charge < -0.3 is 9.80 Å². The number of benzene rings is 1. The number of amides is 2. The maximum atomic E-state index is 13.1. The molecule has 1 aliphatic carbocycles. The highest BCUT2D eigenvalue weighted by molar-refractivity contribution is 7.15. The van der Waals surface area contributed by atoms with Crippen molar-refractivity contribution >= 4 is 34.8 Å². The third-order valence-electron chi connectivity index (χ3n) is 6.87. The number of carbonyl (C=O) groups excluding carboxylic acids is 2. The Bertz CT molecular complexity index is 981. The van der Waals surface area contributed by atoms with Crippen LogP contribution in [0.3, 0.4) is 0 Å². The normalized spacial score (nSPS) is 22.2. The number of halogens is 1. The zero-order valence-corrected chi connectivity index (χ0v) is 19.9. The highest BCUT2D eigenvalue weighted by atomic mass is 35.5. The van der Waals surface area contributed by atoms with Crippen LogP contribution in [0.2, 0.25) is 5.02 Å². The van der Waals surface area contributed by atoms with Crippen LogP contribution < -0.4 is 0 Å². The Morgan fingerprint density at radius 1 is 0.875 bits per heavy atom. The Hall–Kier alpha value is -1.89. The fourth-order valence-electron chi connectivity index (χ4n) is 4.84. The van der Waals surface area contributed by atoms with Gasteiger partial charge in [-0.2, -0.15) is 0 Å². The highest BCUT2D eigenvalue weighted by Crippen LogP contribution is 2.34. The fourth-order valence-corrected chi connectivity index (χ4v) is 6.22. The Kier molecular flexibility index (Phi) is 6.54. The summed E-state index contributed by atoms with van der Waals surface area (Å²) in [6.45, 7) is 5.68. The Morgan fingerprint density at radius 3 is 2.38 bits per heavy atom. The van der Waals surface area contributed by atoms with Crippen molar-refractivity contribution in [2.75, 3.05) is 39.3 Å². The second kappa shape index (κ2) is 9.54. The highest BCUT2D eigenvalue weighted by Gasteiger charge is 2.38. The fraction of sp³-hybridized carbons (Fsp3) is 0.520. The molecule has 3 fully saturated rings. The summed E-state index contributed by atoms with van der Waals surface area (Å²) in [4.78, 5) is 34.5. The standard InChI is InChI=1S/C25H30ClN3O2S/c26-22-6-2-1-5-21(22)23-10-9-20(32-23)17-27-12-14-28(15-13-27)25(31)19-4-3-11-29(16-19)24(30)18-7-8-18/h1-2,5-6,9-10,18-19H,3-4,7-8,11-17H2. The van der Waals surface area contributed by atoms with Gasteiger partial charge in [0, 0.05) is 72.1 Å². The first kappa shape index (κ1) is 21.9. The zero-order valence-electron chi connectivity index (χ0n) is 18.3. The van der Waals surface area contributed by atoms with Gasteiger partial charge in [-0.15, -0.1) is 11.3 Å². The van der Waals surface area contributed by atoms with Gasteiger partial charge in [0.25, 0.3) is 0 Å². The van der Waals surface area contributed by atoms with E-state index in [0.29, 0.717) is 6.54 Å². The molecule has 2 aromatic rings. The van der Waals surface area contributed by atoms with Crippen LogP contribution in [0.5, 0.6) is 0 Å². The molecule has 170 valence electrons. The first-order chi connectivity index (χ1) is 15.6. The molecule has 2 saturated heterocycles. The molecule has 1 aromatic heterocycles. The molecular weight excluding hydrogens is 442 g/mol. The van der Waals surface area contributed by atoms with Crippen molar-refractivity contribution in [3.05, 3.63) is 46.3 Å². The summed E-state index contributed by atoms with van der Waals surface area (Å²) in [6.07, 6.45) is 3.91. The summed E-state index contributed by atoms with van der Waals surface area (Å²) in [7, 11) is 0. The minimum absolute atomic E-state index is 0.0199. The van der Waals surface area contributed by atoms with Gasteiger partial charge in [-0.3, -0.25) is 14.5 Å². The maximum Gasteiger partial charge on any atom is 0.227 e. The van der Waals surface area contributed by atoms with Gasteiger partial charge in [0.15, 0.2) is 0 Å². The van der Waals surface area contributed by atoms with Crippen LogP contribution in [0.15, 0.2) is 36.4 Å². The number of nitrogens with zero attached hydrogens (tertiary/aromatic N) is 3. The van der Waals surface area contributed by atoms with Crippen LogP contribution in [0.25, 0.3) is 10.4 Å². The number of likely N-dealkylation sites (tertiary alicyclic amines) is 1. The molecule has 32 heavy (non-hydrogen) atoms. The molecule has 3 aliphatic rings. The first-order valence-electron chi connectivity index (χ1n) is 11.7. The van der Waals surface area contributed by atoms with E-state index in [4.69, 9.17) is 11.6 Å².